The molecule has 0 unspecified atom stereocenters. The predicted molar refractivity (Wildman–Crippen MR) is 133 cm³/mol. The number of amides is 1. The zero-order chi connectivity index (χ0) is 23.2. The standard InChI is InChI=1S/C29H30N2O3/c32-29(28-18-17-26(34-28)14-11-22-7-2-1-3-8-22)30-24-12-15-25(16-13-24)33-21-23-9-6-20-31-19-5-4-10-27(23)31/h1-3,7-8,12-13,15-18,23,27H,4-6,9-10,19-21H2,(H,30,32)/t23-,27+/m0/s1. The molecule has 5 heteroatoms. The molecule has 174 valence electrons. The van der Waals surface area contributed by atoms with E-state index in [4.69, 9.17) is 9.15 Å². The van der Waals surface area contributed by atoms with Crippen LogP contribution in [0.3, 0.4) is 0 Å². The second-order valence-electron chi connectivity index (χ2n) is 9.07. The van der Waals surface area contributed by atoms with Crippen LogP contribution in [0.4, 0.5) is 5.69 Å². The minimum atomic E-state index is -0.305. The van der Waals surface area contributed by atoms with E-state index in [1.807, 2.05) is 54.6 Å². The van der Waals surface area contributed by atoms with Gasteiger partial charge in [-0.2, -0.15) is 0 Å². The minimum Gasteiger partial charge on any atom is -0.493 e. The lowest BCUT2D eigenvalue weighted by Crippen LogP contribution is -2.49. The summed E-state index contributed by atoms with van der Waals surface area (Å²) in [5, 5.41) is 2.87. The third-order valence-corrected chi connectivity index (χ3v) is 6.74. The van der Waals surface area contributed by atoms with Gasteiger partial charge in [0.2, 0.25) is 0 Å². The fraction of sp³-hybridized carbons (Fsp3) is 0.345. The molecule has 2 aliphatic heterocycles. The van der Waals surface area contributed by atoms with Crippen LogP contribution < -0.4 is 10.1 Å². The summed E-state index contributed by atoms with van der Waals surface area (Å²) in [5.74, 6) is 7.80. The van der Waals surface area contributed by atoms with Gasteiger partial charge in [-0.3, -0.25) is 9.69 Å². The molecule has 5 rings (SSSR count). The van der Waals surface area contributed by atoms with Crippen molar-refractivity contribution in [2.24, 2.45) is 5.92 Å². The van der Waals surface area contributed by atoms with Gasteiger partial charge in [0.1, 0.15) is 5.75 Å². The number of furan rings is 1. The van der Waals surface area contributed by atoms with Gasteiger partial charge >= 0.3 is 0 Å². The number of piperidine rings is 2. The molecule has 0 bridgehead atoms. The number of rotatable bonds is 5. The molecule has 0 aliphatic carbocycles. The number of hydrogen-bond acceptors (Lipinski definition) is 4. The summed E-state index contributed by atoms with van der Waals surface area (Å²) in [4.78, 5) is 15.2. The summed E-state index contributed by atoms with van der Waals surface area (Å²) >= 11 is 0. The normalized spacial score (nSPS) is 20.0. The Bertz CT molecular complexity index is 1160. The quantitative estimate of drug-likeness (QED) is 0.512. The van der Waals surface area contributed by atoms with Crippen LogP contribution in [0.1, 0.15) is 54.0 Å². The SMILES string of the molecule is O=C(Nc1ccc(OC[C@@H]2CCCN3CCCC[C@H]23)cc1)c1ccc(C#Cc2ccccc2)o1. The maximum Gasteiger partial charge on any atom is 0.291 e. The lowest BCUT2D eigenvalue weighted by molar-refractivity contribution is 0.0366. The Morgan fingerprint density at radius 2 is 1.76 bits per heavy atom. The second kappa shape index (κ2) is 10.6. The zero-order valence-corrected chi connectivity index (χ0v) is 19.3. The van der Waals surface area contributed by atoms with E-state index in [1.165, 1.54) is 45.2 Å². The van der Waals surface area contributed by atoms with Crippen LogP contribution in [0.2, 0.25) is 0 Å². The number of hydrogen-bond donors (Lipinski definition) is 1. The Hall–Kier alpha value is -3.49. The molecular formula is C29H30N2O3. The van der Waals surface area contributed by atoms with Crippen molar-refractivity contribution in [2.45, 2.75) is 38.1 Å². The largest absolute Gasteiger partial charge is 0.493 e. The van der Waals surface area contributed by atoms with Crippen LogP contribution in [0, 0.1) is 17.8 Å². The first-order chi connectivity index (χ1) is 16.7. The zero-order valence-electron chi connectivity index (χ0n) is 19.3. The van der Waals surface area contributed by atoms with Crippen molar-refractivity contribution in [3.63, 3.8) is 0 Å². The van der Waals surface area contributed by atoms with Gasteiger partial charge < -0.3 is 14.5 Å². The topological polar surface area (TPSA) is 54.7 Å². The molecule has 0 spiro atoms. The van der Waals surface area contributed by atoms with Gasteiger partial charge in [-0.25, -0.2) is 0 Å². The van der Waals surface area contributed by atoms with Crippen molar-refractivity contribution in [3.05, 3.63) is 83.8 Å². The van der Waals surface area contributed by atoms with Gasteiger partial charge in [0.25, 0.3) is 5.91 Å². The molecule has 2 fully saturated rings. The van der Waals surface area contributed by atoms with Gasteiger partial charge in [0.15, 0.2) is 11.5 Å². The molecule has 1 amide bonds. The van der Waals surface area contributed by atoms with Gasteiger partial charge in [-0.05, 0) is 93.2 Å². The number of benzene rings is 2. The van der Waals surface area contributed by atoms with Gasteiger partial charge in [-0.15, -0.1) is 0 Å². The van der Waals surface area contributed by atoms with Gasteiger partial charge in [0.05, 0.1) is 6.61 Å². The van der Waals surface area contributed by atoms with Gasteiger partial charge in [-0.1, -0.05) is 30.5 Å². The average molecular weight is 455 g/mol. The third-order valence-electron chi connectivity index (χ3n) is 6.74. The van der Waals surface area contributed by atoms with Crippen LogP contribution in [-0.2, 0) is 0 Å². The number of carbonyl (C=O) groups is 1. The number of nitrogens with zero attached hydrogens (tertiary/aromatic N) is 1. The molecular weight excluding hydrogens is 424 g/mol. The number of anilines is 1. The van der Waals surface area contributed by atoms with E-state index in [0.717, 1.165) is 17.9 Å². The number of carbonyl (C=O) groups excluding carboxylic acids is 1. The first-order valence-electron chi connectivity index (χ1n) is 12.2. The van der Waals surface area contributed by atoms with E-state index in [0.29, 0.717) is 23.4 Å². The highest BCUT2D eigenvalue weighted by Gasteiger charge is 2.33. The highest BCUT2D eigenvalue weighted by Crippen LogP contribution is 2.31. The maximum atomic E-state index is 12.6. The molecule has 2 aliphatic rings. The molecule has 1 N–H and O–H groups in total. The average Bonchev–Trinajstić information content (AvgIpc) is 3.37. The third kappa shape index (κ3) is 5.52. The second-order valence-corrected chi connectivity index (χ2v) is 9.07. The number of ether oxygens (including phenoxy) is 1. The van der Waals surface area contributed by atoms with Crippen molar-refractivity contribution >= 4 is 11.6 Å². The molecule has 0 radical (unpaired) electrons. The molecule has 3 heterocycles. The molecule has 34 heavy (non-hydrogen) atoms. The van der Waals surface area contributed by atoms with E-state index in [9.17, 15) is 4.79 Å². The molecule has 5 nitrogen and oxygen atoms in total. The summed E-state index contributed by atoms with van der Waals surface area (Å²) in [7, 11) is 0. The maximum absolute atomic E-state index is 12.6. The van der Waals surface area contributed by atoms with Crippen LogP contribution in [0.25, 0.3) is 0 Å². The van der Waals surface area contributed by atoms with Crippen molar-refractivity contribution in [1.29, 1.82) is 0 Å². The number of fused-ring (bicyclic) bond motifs is 1. The van der Waals surface area contributed by atoms with Crippen molar-refractivity contribution < 1.29 is 13.9 Å². The lowest BCUT2D eigenvalue weighted by atomic mass is 9.84. The van der Waals surface area contributed by atoms with Crippen LogP contribution >= 0.6 is 0 Å². The Kier molecular flexibility index (Phi) is 6.97. The fourth-order valence-electron chi connectivity index (χ4n) is 4.98. The van der Waals surface area contributed by atoms with Crippen molar-refractivity contribution in [3.8, 4) is 17.6 Å². The van der Waals surface area contributed by atoms with E-state index in [-0.39, 0.29) is 11.7 Å². The monoisotopic (exact) mass is 454 g/mol. The Balaban J connectivity index is 1.14. The highest BCUT2D eigenvalue weighted by atomic mass is 16.5. The summed E-state index contributed by atoms with van der Waals surface area (Å²) < 4.78 is 11.7. The van der Waals surface area contributed by atoms with Crippen LogP contribution in [-0.4, -0.2) is 36.5 Å². The predicted octanol–water partition coefficient (Wildman–Crippen LogP) is 5.58. The molecule has 0 saturated carbocycles. The molecule has 2 atom stereocenters. The van der Waals surface area contributed by atoms with E-state index in [2.05, 4.69) is 22.1 Å². The number of nitrogens with one attached hydrogen (secondary N) is 1. The van der Waals surface area contributed by atoms with Gasteiger partial charge in [0, 0.05) is 23.2 Å². The summed E-state index contributed by atoms with van der Waals surface area (Å²) in [6.07, 6.45) is 6.48. The molecule has 2 aromatic carbocycles. The van der Waals surface area contributed by atoms with E-state index < -0.39 is 0 Å². The lowest BCUT2D eigenvalue weighted by Gasteiger charge is -2.44. The van der Waals surface area contributed by atoms with Crippen molar-refractivity contribution in [1.82, 2.24) is 4.90 Å². The highest BCUT2D eigenvalue weighted by molar-refractivity contribution is 6.02. The smallest absolute Gasteiger partial charge is 0.291 e. The van der Waals surface area contributed by atoms with Crippen LogP contribution in [0.15, 0.2) is 71.1 Å². The summed E-state index contributed by atoms with van der Waals surface area (Å²) in [6.45, 7) is 3.24. The molecule has 1 aromatic heterocycles. The summed E-state index contributed by atoms with van der Waals surface area (Å²) in [6, 6.07) is 21.2. The van der Waals surface area contributed by atoms with Crippen molar-refractivity contribution in [2.75, 3.05) is 25.0 Å². The van der Waals surface area contributed by atoms with E-state index >= 15 is 0 Å². The molecule has 2 saturated heterocycles. The summed E-state index contributed by atoms with van der Waals surface area (Å²) in [5.41, 5.74) is 1.59. The first-order valence-corrected chi connectivity index (χ1v) is 12.2. The van der Waals surface area contributed by atoms with Crippen LogP contribution in [0.5, 0.6) is 5.75 Å². The Labute approximate surface area is 201 Å². The minimum absolute atomic E-state index is 0.229. The molecule has 3 aromatic rings. The first kappa shape index (κ1) is 22.3. The Morgan fingerprint density at radius 3 is 2.62 bits per heavy atom. The van der Waals surface area contributed by atoms with E-state index in [1.54, 1.807) is 12.1 Å². The Morgan fingerprint density at radius 1 is 0.941 bits per heavy atom. The fourth-order valence-corrected chi connectivity index (χ4v) is 4.98.